The van der Waals surface area contributed by atoms with E-state index in [4.69, 9.17) is 0 Å². The molecule has 0 atom stereocenters. The van der Waals surface area contributed by atoms with Crippen molar-refractivity contribution in [3.63, 3.8) is 0 Å². The first kappa shape index (κ1) is 20.7. The fourth-order valence-electron chi connectivity index (χ4n) is 3.95. The average molecular weight is 435 g/mol. The molecule has 30 heavy (non-hydrogen) atoms. The summed E-state index contributed by atoms with van der Waals surface area (Å²) in [6, 6.07) is 7.75. The zero-order valence-corrected chi connectivity index (χ0v) is 17.2. The zero-order valence-electron chi connectivity index (χ0n) is 16.4. The molecule has 2 heterocycles. The molecule has 1 N–H and O–H groups in total. The summed E-state index contributed by atoms with van der Waals surface area (Å²) in [4.78, 5) is 14.3. The van der Waals surface area contributed by atoms with Crippen LogP contribution >= 0.6 is 0 Å². The highest BCUT2D eigenvalue weighted by Gasteiger charge is 2.30. The van der Waals surface area contributed by atoms with Gasteiger partial charge in [0.25, 0.3) is 5.91 Å². The number of nitrogens with one attached hydrogen (secondary N) is 1. The minimum atomic E-state index is -4.03. The highest BCUT2D eigenvalue weighted by Crippen LogP contribution is 2.32. The largest absolute Gasteiger partial charge is 0.370 e. The third kappa shape index (κ3) is 3.91. The molecule has 2 aromatic rings. The van der Waals surface area contributed by atoms with Crippen molar-refractivity contribution < 1.29 is 22.0 Å². The highest BCUT2D eigenvalue weighted by molar-refractivity contribution is 7.89. The Labute approximate surface area is 174 Å². The molecule has 1 amide bonds. The van der Waals surface area contributed by atoms with Gasteiger partial charge in [-0.05, 0) is 56.0 Å². The van der Waals surface area contributed by atoms with Gasteiger partial charge in [0.15, 0.2) is 0 Å². The summed E-state index contributed by atoms with van der Waals surface area (Å²) in [7, 11) is -4.03. The lowest BCUT2D eigenvalue weighted by Crippen LogP contribution is -2.29. The van der Waals surface area contributed by atoms with Crippen LogP contribution in [0.3, 0.4) is 0 Å². The van der Waals surface area contributed by atoms with Gasteiger partial charge in [0.1, 0.15) is 22.2 Å². The van der Waals surface area contributed by atoms with Gasteiger partial charge in [-0.2, -0.15) is 4.31 Å². The number of benzene rings is 2. The van der Waals surface area contributed by atoms with Crippen molar-refractivity contribution in [2.45, 2.75) is 30.6 Å². The summed E-state index contributed by atoms with van der Waals surface area (Å²) in [5, 5.41) is 2.55. The molecule has 0 saturated carbocycles. The van der Waals surface area contributed by atoms with E-state index in [1.165, 1.54) is 16.4 Å². The monoisotopic (exact) mass is 435 g/mol. The van der Waals surface area contributed by atoms with Crippen LogP contribution in [0, 0.1) is 11.6 Å². The topological polar surface area (TPSA) is 69.7 Å². The Morgan fingerprint density at radius 1 is 0.900 bits per heavy atom. The molecule has 0 aromatic heterocycles. The minimum absolute atomic E-state index is 0.0395. The van der Waals surface area contributed by atoms with Crippen molar-refractivity contribution in [3.8, 4) is 0 Å². The lowest BCUT2D eigenvalue weighted by atomic mass is 10.2. The molecule has 9 heteroatoms. The third-order valence-corrected chi connectivity index (χ3v) is 7.47. The van der Waals surface area contributed by atoms with Crippen molar-refractivity contribution in [3.05, 3.63) is 53.6 Å². The molecule has 160 valence electrons. The Balaban J connectivity index is 1.64. The van der Waals surface area contributed by atoms with Crippen LogP contribution in [0.2, 0.25) is 0 Å². The number of carbonyl (C=O) groups excluding carboxylic acids is 1. The van der Waals surface area contributed by atoms with Crippen LogP contribution in [0.5, 0.6) is 0 Å². The number of hydrogen-bond donors (Lipinski definition) is 1. The molecule has 0 radical (unpaired) electrons. The molecular formula is C21H23F2N3O3S. The van der Waals surface area contributed by atoms with E-state index in [1.54, 1.807) is 12.1 Å². The van der Waals surface area contributed by atoms with Crippen LogP contribution in [0.4, 0.5) is 20.2 Å². The molecule has 0 bridgehead atoms. The maximum absolute atomic E-state index is 14.5. The van der Waals surface area contributed by atoms with Crippen LogP contribution in [0.1, 0.15) is 36.0 Å². The molecule has 0 aliphatic carbocycles. The molecule has 4 rings (SSSR count). The van der Waals surface area contributed by atoms with Crippen molar-refractivity contribution >= 4 is 27.3 Å². The Kier molecular flexibility index (Phi) is 5.75. The molecule has 0 unspecified atom stereocenters. The van der Waals surface area contributed by atoms with Gasteiger partial charge in [-0.15, -0.1) is 0 Å². The molecule has 0 spiro atoms. The maximum Gasteiger partial charge on any atom is 0.255 e. The van der Waals surface area contributed by atoms with E-state index >= 15 is 0 Å². The van der Waals surface area contributed by atoms with E-state index < -0.39 is 32.5 Å². The van der Waals surface area contributed by atoms with E-state index in [2.05, 4.69) is 5.32 Å². The molecule has 2 aromatic carbocycles. The summed E-state index contributed by atoms with van der Waals surface area (Å²) in [6.45, 7) is 2.18. The predicted octanol–water partition coefficient (Wildman–Crippen LogP) is 3.60. The predicted molar refractivity (Wildman–Crippen MR) is 110 cm³/mol. The second-order valence-electron chi connectivity index (χ2n) is 7.54. The van der Waals surface area contributed by atoms with E-state index in [1.807, 2.05) is 4.90 Å². The second-order valence-corrected chi connectivity index (χ2v) is 9.44. The quantitative estimate of drug-likeness (QED) is 0.779. The number of hydrogen-bond acceptors (Lipinski definition) is 4. The molecular weight excluding hydrogens is 412 g/mol. The first-order valence-electron chi connectivity index (χ1n) is 10.0. The van der Waals surface area contributed by atoms with E-state index in [9.17, 15) is 22.0 Å². The lowest BCUT2D eigenvalue weighted by Gasteiger charge is -2.22. The van der Waals surface area contributed by atoms with Gasteiger partial charge in [0.05, 0.1) is 5.69 Å². The SMILES string of the molecule is O=C(Nc1c(F)cccc1N1CCCC1)c1ccc(F)c(S(=O)(=O)N2CCCC2)c1. The van der Waals surface area contributed by atoms with Crippen molar-refractivity contribution in [2.75, 3.05) is 36.4 Å². The standard InChI is InChI=1S/C21H23F2N3O3S/c22-16-9-8-15(14-19(16)30(28,29)26-12-3-4-13-26)21(27)24-20-17(23)6-5-7-18(20)25-10-1-2-11-25/h5-9,14H,1-4,10-13H2,(H,24,27). The maximum atomic E-state index is 14.5. The van der Waals surface area contributed by atoms with E-state index in [-0.39, 0.29) is 11.3 Å². The van der Waals surface area contributed by atoms with Crippen LogP contribution in [-0.2, 0) is 10.0 Å². The van der Waals surface area contributed by atoms with Gasteiger partial charge in [0.2, 0.25) is 10.0 Å². The van der Waals surface area contributed by atoms with Crippen molar-refractivity contribution in [2.24, 2.45) is 0 Å². The third-order valence-electron chi connectivity index (χ3n) is 5.55. The average Bonchev–Trinajstić information content (AvgIpc) is 3.44. The summed E-state index contributed by atoms with van der Waals surface area (Å²) < 4.78 is 55.6. The number of halogens is 2. The molecule has 6 nitrogen and oxygen atoms in total. The normalized spacial score (nSPS) is 17.5. The summed E-state index contributed by atoms with van der Waals surface area (Å²) in [5.41, 5.74) is 0.565. The summed E-state index contributed by atoms with van der Waals surface area (Å²) >= 11 is 0. The Morgan fingerprint density at radius 2 is 1.57 bits per heavy atom. The van der Waals surface area contributed by atoms with Gasteiger partial charge in [0, 0.05) is 31.7 Å². The smallest absolute Gasteiger partial charge is 0.255 e. The highest BCUT2D eigenvalue weighted by atomic mass is 32.2. The first-order chi connectivity index (χ1) is 14.4. The number of anilines is 2. The van der Waals surface area contributed by atoms with Crippen LogP contribution in [0.25, 0.3) is 0 Å². The van der Waals surface area contributed by atoms with Crippen LogP contribution < -0.4 is 10.2 Å². The Bertz CT molecular complexity index is 1060. The number of carbonyl (C=O) groups is 1. The van der Waals surface area contributed by atoms with Crippen molar-refractivity contribution in [1.82, 2.24) is 4.31 Å². The first-order valence-corrected chi connectivity index (χ1v) is 11.5. The number of nitrogens with zero attached hydrogens (tertiary/aromatic N) is 2. The van der Waals surface area contributed by atoms with Crippen LogP contribution in [-0.4, -0.2) is 44.8 Å². The summed E-state index contributed by atoms with van der Waals surface area (Å²) in [6.07, 6.45) is 3.40. The fourth-order valence-corrected chi connectivity index (χ4v) is 5.56. The lowest BCUT2D eigenvalue weighted by molar-refractivity contribution is 0.102. The van der Waals surface area contributed by atoms with Gasteiger partial charge >= 0.3 is 0 Å². The Hall–Kier alpha value is -2.52. The van der Waals surface area contributed by atoms with Gasteiger partial charge in [-0.1, -0.05) is 6.07 Å². The molecule has 2 aliphatic rings. The number of amides is 1. The number of para-hydroxylation sites is 1. The number of rotatable bonds is 5. The van der Waals surface area contributed by atoms with Gasteiger partial charge in [-0.3, -0.25) is 4.79 Å². The van der Waals surface area contributed by atoms with E-state index in [0.29, 0.717) is 31.6 Å². The Morgan fingerprint density at radius 3 is 2.27 bits per heavy atom. The molecule has 2 fully saturated rings. The van der Waals surface area contributed by atoms with Crippen LogP contribution in [0.15, 0.2) is 41.3 Å². The minimum Gasteiger partial charge on any atom is -0.370 e. The van der Waals surface area contributed by atoms with E-state index in [0.717, 1.165) is 38.1 Å². The number of sulfonamides is 1. The van der Waals surface area contributed by atoms with Crippen molar-refractivity contribution in [1.29, 1.82) is 0 Å². The zero-order chi connectivity index (χ0) is 21.3. The molecule has 2 saturated heterocycles. The fraction of sp³-hybridized carbons (Fsp3) is 0.381. The van der Waals surface area contributed by atoms with Gasteiger partial charge < -0.3 is 10.2 Å². The summed E-state index contributed by atoms with van der Waals surface area (Å²) in [5.74, 6) is -2.19. The second kappa shape index (κ2) is 8.31. The van der Waals surface area contributed by atoms with Gasteiger partial charge in [-0.25, -0.2) is 17.2 Å². The molecule has 2 aliphatic heterocycles.